The standard InChI is InChI=1S/C14H18ClF/c1-14(2)9-3-4-12(14)13(15)10-5-7-11(16)8-6-10/h5-8,12-13H,3-4,9H2,1-2H3. The van der Waals surface area contributed by atoms with Crippen LogP contribution in [0.3, 0.4) is 0 Å². The van der Waals surface area contributed by atoms with Crippen LogP contribution in [0.15, 0.2) is 24.3 Å². The van der Waals surface area contributed by atoms with Gasteiger partial charge in [-0.1, -0.05) is 32.4 Å². The molecule has 88 valence electrons. The Hall–Kier alpha value is -0.560. The minimum Gasteiger partial charge on any atom is -0.207 e. The van der Waals surface area contributed by atoms with Crippen LogP contribution in [0.2, 0.25) is 0 Å². The number of rotatable bonds is 2. The van der Waals surface area contributed by atoms with Gasteiger partial charge in [-0.05, 0) is 41.9 Å². The molecule has 0 heterocycles. The third-order valence-electron chi connectivity index (χ3n) is 3.88. The van der Waals surface area contributed by atoms with E-state index >= 15 is 0 Å². The molecule has 1 aromatic carbocycles. The van der Waals surface area contributed by atoms with Crippen molar-refractivity contribution in [1.29, 1.82) is 0 Å². The van der Waals surface area contributed by atoms with Crippen molar-refractivity contribution in [3.63, 3.8) is 0 Å². The third kappa shape index (κ3) is 2.24. The predicted octanol–water partition coefficient (Wildman–Crippen LogP) is 4.93. The predicted molar refractivity (Wildman–Crippen MR) is 66.1 cm³/mol. The number of benzene rings is 1. The molecule has 0 saturated heterocycles. The van der Waals surface area contributed by atoms with Crippen molar-refractivity contribution in [3.05, 3.63) is 35.6 Å². The molecule has 1 fully saturated rings. The lowest BCUT2D eigenvalue weighted by molar-refractivity contribution is 0.252. The number of hydrogen-bond donors (Lipinski definition) is 0. The minimum atomic E-state index is -0.196. The average molecular weight is 241 g/mol. The normalized spacial score (nSPS) is 25.6. The van der Waals surface area contributed by atoms with Gasteiger partial charge in [0.15, 0.2) is 0 Å². The lowest BCUT2D eigenvalue weighted by atomic mass is 9.78. The summed E-state index contributed by atoms with van der Waals surface area (Å²) in [6, 6.07) is 6.60. The zero-order valence-electron chi connectivity index (χ0n) is 9.84. The number of halogens is 2. The van der Waals surface area contributed by atoms with E-state index in [0.29, 0.717) is 11.3 Å². The zero-order chi connectivity index (χ0) is 11.8. The Morgan fingerprint density at radius 3 is 2.44 bits per heavy atom. The van der Waals surface area contributed by atoms with E-state index in [4.69, 9.17) is 11.6 Å². The molecule has 2 atom stereocenters. The summed E-state index contributed by atoms with van der Waals surface area (Å²) in [4.78, 5) is 0. The van der Waals surface area contributed by atoms with Crippen LogP contribution < -0.4 is 0 Å². The molecule has 2 heteroatoms. The summed E-state index contributed by atoms with van der Waals surface area (Å²) in [6.07, 6.45) is 3.67. The highest BCUT2D eigenvalue weighted by atomic mass is 35.5. The van der Waals surface area contributed by atoms with Gasteiger partial charge in [0.1, 0.15) is 5.82 Å². The van der Waals surface area contributed by atoms with Gasteiger partial charge in [-0.25, -0.2) is 4.39 Å². The first-order valence-electron chi connectivity index (χ1n) is 5.90. The van der Waals surface area contributed by atoms with E-state index in [2.05, 4.69) is 13.8 Å². The molecule has 1 aliphatic carbocycles. The maximum absolute atomic E-state index is 12.8. The van der Waals surface area contributed by atoms with Crippen LogP contribution in [-0.4, -0.2) is 0 Å². The largest absolute Gasteiger partial charge is 0.207 e. The Bertz CT molecular complexity index is 356. The SMILES string of the molecule is CC1(C)CCCC1C(Cl)c1ccc(F)cc1. The average Bonchev–Trinajstić information content (AvgIpc) is 2.58. The highest BCUT2D eigenvalue weighted by molar-refractivity contribution is 6.21. The van der Waals surface area contributed by atoms with Gasteiger partial charge >= 0.3 is 0 Å². The fourth-order valence-electron chi connectivity index (χ4n) is 2.78. The van der Waals surface area contributed by atoms with Gasteiger partial charge in [0.05, 0.1) is 5.38 Å². The van der Waals surface area contributed by atoms with Crippen molar-refractivity contribution in [1.82, 2.24) is 0 Å². The topological polar surface area (TPSA) is 0 Å². The molecule has 0 N–H and O–H groups in total. The maximum Gasteiger partial charge on any atom is 0.123 e. The number of alkyl halides is 1. The fraction of sp³-hybridized carbons (Fsp3) is 0.571. The van der Waals surface area contributed by atoms with Crippen LogP contribution in [-0.2, 0) is 0 Å². The molecule has 0 spiro atoms. The molecule has 2 rings (SSSR count). The Kier molecular flexibility index (Phi) is 3.25. The summed E-state index contributed by atoms with van der Waals surface area (Å²) in [5.74, 6) is 0.304. The molecule has 0 aliphatic heterocycles. The number of hydrogen-bond acceptors (Lipinski definition) is 0. The Labute approximate surface area is 102 Å². The first-order chi connectivity index (χ1) is 7.50. The van der Waals surface area contributed by atoms with Crippen molar-refractivity contribution in [2.75, 3.05) is 0 Å². The minimum absolute atomic E-state index is 0.0121. The molecule has 0 aromatic heterocycles. The van der Waals surface area contributed by atoms with E-state index in [1.165, 1.54) is 31.4 Å². The van der Waals surface area contributed by atoms with Crippen molar-refractivity contribution < 1.29 is 4.39 Å². The van der Waals surface area contributed by atoms with Crippen LogP contribution in [0.1, 0.15) is 44.1 Å². The molecule has 0 amide bonds. The third-order valence-corrected chi connectivity index (χ3v) is 4.44. The molecule has 1 aromatic rings. The van der Waals surface area contributed by atoms with Crippen molar-refractivity contribution >= 4 is 11.6 Å². The van der Waals surface area contributed by atoms with Gasteiger partial charge in [0, 0.05) is 0 Å². The summed E-state index contributed by atoms with van der Waals surface area (Å²) < 4.78 is 12.8. The summed E-state index contributed by atoms with van der Waals surface area (Å²) in [5, 5.41) is 0.0121. The smallest absolute Gasteiger partial charge is 0.123 e. The fourth-order valence-corrected chi connectivity index (χ4v) is 3.39. The second-order valence-electron chi connectivity index (χ2n) is 5.44. The molecule has 2 unspecified atom stereocenters. The highest BCUT2D eigenvalue weighted by Gasteiger charge is 2.39. The van der Waals surface area contributed by atoms with E-state index in [1.807, 2.05) is 0 Å². The maximum atomic E-state index is 12.8. The summed E-state index contributed by atoms with van der Waals surface area (Å²) >= 11 is 6.53. The van der Waals surface area contributed by atoms with Crippen LogP contribution >= 0.6 is 11.6 Å². The highest BCUT2D eigenvalue weighted by Crippen LogP contribution is 2.50. The zero-order valence-corrected chi connectivity index (χ0v) is 10.6. The van der Waals surface area contributed by atoms with Crippen LogP contribution in [0.5, 0.6) is 0 Å². The van der Waals surface area contributed by atoms with Gasteiger partial charge in [0.25, 0.3) is 0 Å². The van der Waals surface area contributed by atoms with Gasteiger partial charge in [-0.3, -0.25) is 0 Å². The monoisotopic (exact) mass is 240 g/mol. The van der Waals surface area contributed by atoms with Crippen LogP contribution in [0.4, 0.5) is 4.39 Å². The lowest BCUT2D eigenvalue weighted by Gasteiger charge is -2.31. The van der Waals surface area contributed by atoms with Crippen LogP contribution in [0.25, 0.3) is 0 Å². The van der Waals surface area contributed by atoms with E-state index in [-0.39, 0.29) is 11.2 Å². The molecular formula is C14H18ClF. The summed E-state index contributed by atoms with van der Waals surface area (Å²) in [7, 11) is 0. The van der Waals surface area contributed by atoms with Crippen molar-refractivity contribution in [3.8, 4) is 0 Å². The van der Waals surface area contributed by atoms with Crippen LogP contribution in [0, 0.1) is 17.2 Å². The van der Waals surface area contributed by atoms with E-state index in [1.54, 1.807) is 12.1 Å². The quantitative estimate of drug-likeness (QED) is 0.643. The van der Waals surface area contributed by atoms with Gasteiger partial charge in [-0.2, -0.15) is 0 Å². The molecule has 0 nitrogen and oxygen atoms in total. The molecule has 16 heavy (non-hydrogen) atoms. The van der Waals surface area contributed by atoms with Gasteiger partial charge in [0.2, 0.25) is 0 Å². The van der Waals surface area contributed by atoms with E-state index in [0.717, 1.165) is 5.56 Å². The Balaban J connectivity index is 2.18. The van der Waals surface area contributed by atoms with Crippen molar-refractivity contribution in [2.24, 2.45) is 11.3 Å². The van der Waals surface area contributed by atoms with Crippen molar-refractivity contribution in [2.45, 2.75) is 38.5 Å². The van der Waals surface area contributed by atoms with E-state index < -0.39 is 0 Å². The molecule has 1 aliphatic rings. The second kappa shape index (κ2) is 4.37. The molecule has 0 bridgehead atoms. The molecule has 1 saturated carbocycles. The molecular weight excluding hydrogens is 223 g/mol. The van der Waals surface area contributed by atoms with Gasteiger partial charge in [-0.15, -0.1) is 11.6 Å². The summed E-state index contributed by atoms with van der Waals surface area (Å²) in [6.45, 7) is 4.56. The lowest BCUT2D eigenvalue weighted by Crippen LogP contribution is -2.21. The Morgan fingerprint density at radius 2 is 1.94 bits per heavy atom. The van der Waals surface area contributed by atoms with Gasteiger partial charge < -0.3 is 0 Å². The molecule has 0 radical (unpaired) electrons. The second-order valence-corrected chi connectivity index (χ2v) is 5.91. The van der Waals surface area contributed by atoms with E-state index in [9.17, 15) is 4.39 Å². The summed E-state index contributed by atoms with van der Waals surface area (Å²) in [5.41, 5.74) is 1.35. The first kappa shape index (κ1) is 11.9. The first-order valence-corrected chi connectivity index (χ1v) is 6.34. The Morgan fingerprint density at radius 1 is 1.31 bits per heavy atom.